The summed E-state index contributed by atoms with van der Waals surface area (Å²) >= 11 is 5.90. The van der Waals surface area contributed by atoms with Crippen LogP contribution in [0.25, 0.3) is 0 Å². The zero-order chi connectivity index (χ0) is 14.4. The molecule has 1 N–H and O–H groups in total. The quantitative estimate of drug-likeness (QED) is 0.814. The summed E-state index contributed by atoms with van der Waals surface area (Å²) in [5.74, 6) is 1.40. The number of halogens is 1. The van der Waals surface area contributed by atoms with Gasteiger partial charge in [0.2, 0.25) is 0 Å². The highest BCUT2D eigenvalue weighted by Gasteiger charge is 2.05. The first-order valence-corrected chi connectivity index (χ1v) is 7.27. The second kappa shape index (κ2) is 7.32. The summed E-state index contributed by atoms with van der Waals surface area (Å²) < 4.78 is 5.80. The molecule has 0 aliphatic carbocycles. The topological polar surface area (TPSA) is 29.5 Å². The van der Waals surface area contributed by atoms with E-state index in [-0.39, 0.29) is 6.61 Å². The Morgan fingerprint density at radius 2 is 1.85 bits per heavy atom. The average Bonchev–Trinajstić information content (AvgIpc) is 2.48. The lowest BCUT2D eigenvalue weighted by molar-refractivity contribution is 0.276. The summed E-state index contributed by atoms with van der Waals surface area (Å²) in [4.78, 5) is 0. The zero-order valence-electron chi connectivity index (χ0n) is 11.6. The summed E-state index contributed by atoms with van der Waals surface area (Å²) in [7, 11) is 0. The lowest BCUT2D eigenvalue weighted by Gasteiger charge is -2.10. The molecule has 0 aliphatic rings. The van der Waals surface area contributed by atoms with E-state index in [9.17, 15) is 5.11 Å². The third kappa shape index (κ3) is 3.99. The van der Waals surface area contributed by atoms with Crippen LogP contribution in [-0.2, 0) is 13.0 Å². The van der Waals surface area contributed by atoms with Gasteiger partial charge in [0, 0.05) is 10.6 Å². The maximum absolute atomic E-state index is 9.32. The number of hydrogen-bond acceptors (Lipinski definition) is 2. The highest BCUT2D eigenvalue weighted by atomic mass is 35.5. The summed E-state index contributed by atoms with van der Waals surface area (Å²) in [6, 6.07) is 13.3. The van der Waals surface area contributed by atoms with Crippen LogP contribution in [-0.4, -0.2) is 5.11 Å². The van der Waals surface area contributed by atoms with Crippen molar-refractivity contribution >= 4 is 11.6 Å². The zero-order valence-corrected chi connectivity index (χ0v) is 12.4. The van der Waals surface area contributed by atoms with Crippen LogP contribution in [0.2, 0.25) is 5.02 Å². The first kappa shape index (κ1) is 14.9. The van der Waals surface area contributed by atoms with Gasteiger partial charge in [0.15, 0.2) is 0 Å². The molecule has 0 unspecified atom stereocenters. The van der Waals surface area contributed by atoms with Crippen LogP contribution in [0, 0.1) is 0 Å². The minimum absolute atomic E-state index is 0.0928. The number of unbranched alkanes of at least 4 members (excludes halogenated alkanes) is 1. The van der Waals surface area contributed by atoms with Crippen LogP contribution in [0.3, 0.4) is 0 Å². The molecule has 106 valence electrons. The van der Waals surface area contributed by atoms with Gasteiger partial charge in [-0.3, -0.25) is 0 Å². The summed E-state index contributed by atoms with van der Waals surface area (Å²) in [5, 5.41) is 9.92. The van der Waals surface area contributed by atoms with Crippen LogP contribution in [0.15, 0.2) is 42.5 Å². The number of aliphatic hydroxyl groups excluding tert-OH is 1. The molecule has 20 heavy (non-hydrogen) atoms. The Kier molecular flexibility index (Phi) is 5.45. The van der Waals surface area contributed by atoms with Gasteiger partial charge in [-0.1, -0.05) is 37.1 Å². The normalized spacial score (nSPS) is 10.6. The van der Waals surface area contributed by atoms with Crippen molar-refractivity contribution in [1.29, 1.82) is 0 Å². The van der Waals surface area contributed by atoms with Crippen molar-refractivity contribution in [3.05, 3.63) is 58.6 Å². The van der Waals surface area contributed by atoms with Crippen LogP contribution in [0.4, 0.5) is 0 Å². The smallest absolute Gasteiger partial charge is 0.133 e. The molecule has 3 heteroatoms. The van der Waals surface area contributed by atoms with Gasteiger partial charge < -0.3 is 9.84 Å². The van der Waals surface area contributed by atoms with Crippen molar-refractivity contribution in [1.82, 2.24) is 0 Å². The van der Waals surface area contributed by atoms with E-state index in [1.807, 2.05) is 12.1 Å². The van der Waals surface area contributed by atoms with Crippen LogP contribution < -0.4 is 4.74 Å². The number of hydrogen-bond donors (Lipinski definition) is 1. The first-order chi connectivity index (χ1) is 9.72. The van der Waals surface area contributed by atoms with Gasteiger partial charge in [0.05, 0.1) is 6.61 Å². The van der Waals surface area contributed by atoms with Gasteiger partial charge in [0.25, 0.3) is 0 Å². The Bertz CT molecular complexity index is 549. The second-order valence-corrected chi connectivity index (χ2v) is 5.20. The number of aryl methyl sites for hydroxylation is 1. The monoisotopic (exact) mass is 290 g/mol. The Morgan fingerprint density at radius 1 is 1.10 bits per heavy atom. The maximum Gasteiger partial charge on any atom is 0.133 e. The van der Waals surface area contributed by atoms with Gasteiger partial charge >= 0.3 is 0 Å². The van der Waals surface area contributed by atoms with E-state index < -0.39 is 0 Å². The van der Waals surface area contributed by atoms with Crippen molar-refractivity contribution in [3.8, 4) is 11.5 Å². The number of benzene rings is 2. The summed E-state index contributed by atoms with van der Waals surface area (Å²) in [6.45, 7) is 2.10. The maximum atomic E-state index is 9.32. The van der Waals surface area contributed by atoms with Crippen molar-refractivity contribution < 1.29 is 9.84 Å². The minimum Gasteiger partial charge on any atom is -0.457 e. The molecule has 2 aromatic rings. The minimum atomic E-state index is -0.0928. The van der Waals surface area contributed by atoms with E-state index in [0.29, 0.717) is 16.3 Å². The van der Waals surface area contributed by atoms with E-state index in [2.05, 4.69) is 19.1 Å². The highest BCUT2D eigenvalue weighted by Crippen LogP contribution is 2.28. The first-order valence-electron chi connectivity index (χ1n) is 6.89. The molecule has 2 nitrogen and oxygen atoms in total. The lowest BCUT2D eigenvalue weighted by Crippen LogP contribution is -1.92. The van der Waals surface area contributed by atoms with Gasteiger partial charge in [-0.2, -0.15) is 0 Å². The fourth-order valence-electron chi connectivity index (χ4n) is 2.00. The molecule has 0 amide bonds. The van der Waals surface area contributed by atoms with Crippen LogP contribution >= 0.6 is 11.6 Å². The molecule has 0 bridgehead atoms. The predicted octanol–water partition coefficient (Wildman–Crippen LogP) is 4.97. The Balaban J connectivity index is 2.10. The highest BCUT2D eigenvalue weighted by molar-refractivity contribution is 6.30. The molecule has 0 saturated heterocycles. The Morgan fingerprint density at radius 3 is 2.50 bits per heavy atom. The van der Waals surface area contributed by atoms with E-state index in [1.165, 1.54) is 18.4 Å². The Labute approximate surface area is 125 Å². The number of rotatable bonds is 6. The molecular formula is C17H19ClO2. The molecule has 0 fully saturated rings. The SMILES string of the molecule is CCCCc1ccc(Oc2ccc(Cl)cc2CO)cc1. The van der Waals surface area contributed by atoms with Crippen molar-refractivity contribution in [2.24, 2.45) is 0 Å². The third-order valence-electron chi connectivity index (χ3n) is 3.16. The largest absolute Gasteiger partial charge is 0.457 e. The number of ether oxygens (including phenoxy) is 1. The molecule has 0 radical (unpaired) electrons. The average molecular weight is 291 g/mol. The summed E-state index contributed by atoms with van der Waals surface area (Å²) in [5.41, 5.74) is 2.00. The fourth-order valence-corrected chi connectivity index (χ4v) is 2.20. The molecule has 0 aliphatic heterocycles. The Hall–Kier alpha value is -1.51. The van der Waals surface area contributed by atoms with Gasteiger partial charge in [0.1, 0.15) is 11.5 Å². The van der Waals surface area contributed by atoms with Crippen LogP contribution in [0.1, 0.15) is 30.9 Å². The lowest BCUT2D eigenvalue weighted by atomic mass is 10.1. The van der Waals surface area contributed by atoms with Crippen molar-refractivity contribution in [2.75, 3.05) is 0 Å². The predicted molar refractivity (Wildman–Crippen MR) is 82.5 cm³/mol. The molecular weight excluding hydrogens is 272 g/mol. The van der Waals surface area contributed by atoms with Crippen LogP contribution in [0.5, 0.6) is 11.5 Å². The molecule has 0 heterocycles. The van der Waals surface area contributed by atoms with Gasteiger partial charge in [-0.05, 0) is 48.7 Å². The van der Waals surface area contributed by atoms with E-state index >= 15 is 0 Å². The molecule has 0 saturated carbocycles. The summed E-state index contributed by atoms with van der Waals surface area (Å²) in [6.07, 6.45) is 3.49. The van der Waals surface area contributed by atoms with E-state index in [0.717, 1.165) is 12.2 Å². The third-order valence-corrected chi connectivity index (χ3v) is 3.40. The molecule has 0 atom stereocenters. The molecule has 0 aromatic heterocycles. The van der Waals surface area contributed by atoms with E-state index in [1.54, 1.807) is 18.2 Å². The van der Waals surface area contributed by atoms with Gasteiger partial charge in [-0.15, -0.1) is 0 Å². The second-order valence-electron chi connectivity index (χ2n) is 4.76. The standard InChI is InChI=1S/C17H19ClO2/c1-2-3-4-13-5-8-16(9-6-13)20-17-10-7-15(18)11-14(17)12-19/h5-11,19H,2-4,12H2,1H3. The van der Waals surface area contributed by atoms with Crippen molar-refractivity contribution in [3.63, 3.8) is 0 Å². The number of aliphatic hydroxyl groups is 1. The fraction of sp³-hybridized carbons (Fsp3) is 0.294. The molecule has 2 rings (SSSR count). The molecule has 0 spiro atoms. The molecule has 2 aromatic carbocycles. The van der Waals surface area contributed by atoms with E-state index in [4.69, 9.17) is 16.3 Å². The van der Waals surface area contributed by atoms with Gasteiger partial charge in [-0.25, -0.2) is 0 Å². The van der Waals surface area contributed by atoms with Crippen molar-refractivity contribution in [2.45, 2.75) is 32.8 Å².